The maximum absolute atomic E-state index is 13.8. The molecule has 0 aliphatic carbocycles. The molecular formula is C15H26FIN4O3S. The number of hydrogen-bond acceptors (Lipinski definition) is 4. The second kappa shape index (κ2) is 11.5. The number of sulfonamides is 1. The van der Waals surface area contributed by atoms with Crippen LogP contribution >= 0.6 is 24.0 Å². The van der Waals surface area contributed by atoms with E-state index in [1.54, 1.807) is 12.1 Å². The Hall–Kier alpha value is -1.14. The van der Waals surface area contributed by atoms with Gasteiger partial charge in [0.05, 0.1) is 26.0 Å². The van der Waals surface area contributed by atoms with Gasteiger partial charge in [-0.15, -0.1) is 24.0 Å². The highest BCUT2D eigenvalue weighted by molar-refractivity contribution is 14.0. The van der Waals surface area contributed by atoms with Gasteiger partial charge in [-0.3, -0.25) is 4.99 Å². The fourth-order valence-electron chi connectivity index (χ4n) is 1.96. The van der Waals surface area contributed by atoms with Gasteiger partial charge in [-0.2, -0.15) is 0 Å². The smallest absolute Gasteiger partial charge is 0.208 e. The molecule has 0 saturated heterocycles. The molecule has 10 heteroatoms. The Kier molecular flexibility index (Phi) is 10.9. The van der Waals surface area contributed by atoms with Crippen molar-refractivity contribution in [2.24, 2.45) is 4.99 Å². The lowest BCUT2D eigenvalue weighted by Gasteiger charge is -2.18. The second-order valence-corrected chi connectivity index (χ2v) is 7.02. The van der Waals surface area contributed by atoms with Gasteiger partial charge in [-0.1, -0.05) is 6.07 Å². The lowest BCUT2D eigenvalue weighted by atomic mass is 10.1. The van der Waals surface area contributed by atoms with Gasteiger partial charge in [-0.05, 0) is 31.5 Å². The summed E-state index contributed by atoms with van der Waals surface area (Å²) >= 11 is 0. The van der Waals surface area contributed by atoms with Gasteiger partial charge in [0.15, 0.2) is 17.5 Å². The number of ether oxygens (including phenoxy) is 1. The maximum atomic E-state index is 13.8. The van der Waals surface area contributed by atoms with E-state index < -0.39 is 15.8 Å². The molecule has 0 heterocycles. The Bertz CT molecular complexity index is 671. The molecule has 0 aliphatic rings. The van der Waals surface area contributed by atoms with Crippen LogP contribution in [0.2, 0.25) is 0 Å². The average Bonchev–Trinajstić information content (AvgIpc) is 2.50. The number of benzene rings is 1. The Morgan fingerprint density at radius 3 is 2.60 bits per heavy atom. The molecule has 0 aliphatic heterocycles. The van der Waals surface area contributed by atoms with Crippen LogP contribution in [0.3, 0.4) is 0 Å². The molecule has 3 N–H and O–H groups in total. The van der Waals surface area contributed by atoms with Crippen LogP contribution < -0.4 is 20.1 Å². The third-order valence-electron chi connectivity index (χ3n) is 3.12. The molecule has 1 rings (SSSR count). The van der Waals surface area contributed by atoms with Gasteiger partial charge in [0, 0.05) is 13.1 Å². The molecular weight excluding hydrogens is 462 g/mol. The summed E-state index contributed by atoms with van der Waals surface area (Å²) in [5.41, 5.74) is 0.744. The zero-order valence-corrected chi connectivity index (χ0v) is 17.9. The van der Waals surface area contributed by atoms with Crippen molar-refractivity contribution in [3.8, 4) is 5.75 Å². The summed E-state index contributed by atoms with van der Waals surface area (Å²) in [5, 5.41) is 6.21. The van der Waals surface area contributed by atoms with E-state index in [0.717, 1.165) is 11.8 Å². The highest BCUT2D eigenvalue weighted by atomic mass is 127. The lowest BCUT2D eigenvalue weighted by Crippen LogP contribution is -2.39. The zero-order valence-electron chi connectivity index (χ0n) is 14.8. The molecule has 0 amide bonds. The van der Waals surface area contributed by atoms with Crippen molar-refractivity contribution in [3.05, 3.63) is 29.6 Å². The summed E-state index contributed by atoms with van der Waals surface area (Å²) in [4.78, 5) is 4.29. The number of aliphatic imine (C=N–C) groups is 1. The first kappa shape index (κ1) is 23.9. The average molecular weight is 488 g/mol. The van der Waals surface area contributed by atoms with E-state index in [-0.39, 0.29) is 48.9 Å². The number of methoxy groups -OCH3 is 1. The van der Waals surface area contributed by atoms with E-state index in [1.165, 1.54) is 13.2 Å². The Labute approximate surface area is 165 Å². The molecule has 0 saturated carbocycles. The van der Waals surface area contributed by atoms with E-state index in [4.69, 9.17) is 4.74 Å². The van der Waals surface area contributed by atoms with E-state index in [9.17, 15) is 12.8 Å². The molecule has 1 atom stereocenters. The summed E-state index contributed by atoms with van der Waals surface area (Å²) in [6, 6.07) is 4.56. The van der Waals surface area contributed by atoms with Crippen LogP contribution in [0.1, 0.15) is 25.5 Å². The Morgan fingerprint density at radius 1 is 1.40 bits per heavy atom. The van der Waals surface area contributed by atoms with E-state index >= 15 is 0 Å². The summed E-state index contributed by atoms with van der Waals surface area (Å²) in [6.07, 6.45) is 1.10. The van der Waals surface area contributed by atoms with Crippen LogP contribution in [0.5, 0.6) is 5.75 Å². The van der Waals surface area contributed by atoms with E-state index in [2.05, 4.69) is 20.3 Å². The summed E-state index contributed by atoms with van der Waals surface area (Å²) in [7, 11) is -1.81. The first-order chi connectivity index (χ1) is 11.3. The van der Waals surface area contributed by atoms with Crippen molar-refractivity contribution in [3.63, 3.8) is 0 Å². The number of hydrogen-bond donors (Lipinski definition) is 3. The third-order valence-corrected chi connectivity index (χ3v) is 3.85. The summed E-state index contributed by atoms with van der Waals surface area (Å²) in [5.74, 6) is 0.290. The molecule has 25 heavy (non-hydrogen) atoms. The van der Waals surface area contributed by atoms with Crippen LogP contribution in [0.4, 0.5) is 4.39 Å². The number of rotatable bonds is 8. The molecule has 144 valence electrons. The Balaban J connectivity index is 0.00000576. The predicted molar refractivity (Wildman–Crippen MR) is 109 cm³/mol. The minimum absolute atomic E-state index is 0. The van der Waals surface area contributed by atoms with Gasteiger partial charge in [0.25, 0.3) is 0 Å². The third kappa shape index (κ3) is 9.21. The largest absolute Gasteiger partial charge is 0.494 e. The highest BCUT2D eigenvalue weighted by Gasteiger charge is 2.11. The minimum atomic E-state index is -3.23. The van der Waals surface area contributed by atoms with Gasteiger partial charge in [0.1, 0.15) is 0 Å². The highest BCUT2D eigenvalue weighted by Crippen LogP contribution is 2.21. The lowest BCUT2D eigenvalue weighted by molar-refractivity contribution is 0.386. The molecule has 0 aromatic heterocycles. The van der Waals surface area contributed by atoms with Crippen molar-refractivity contribution in [2.75, 3.05) is 33.0 Å². The van der Waals surface area contributed by atoms with Gasteiger partial charge >= 0.3 is 0 Å². The number of guanidine groups is 1. The van der Waals surface area contributed by atoms with Gasteiger partial charge < -0.3 is 15.4 Å². The van der Waals surface area contributed by atoms with Crippen molar-refractivity contribution in [1.29, 1.82) is 0 Å². The van der Waals surface area contributed by atoms with Crippen LogP contribution in [0.15, 0.2) is 23.2 Å². The predicted octanol–water partition coefficient (Wildman–Crippen LogP) is 1.62. The molecule has 1 aromatic carbocycles. The zero-order chi connectivity index (χ0) is 18.2. The molecule has 0 radical (unpaired) electrons. The first-order valence-electron chi connectivity index (χ1n) is 7.59. The van der Waals surface area contributed by atoms with Crippen LogP contribution in [0.25, 0.3) is 0 Å². The topological polar surface area (TPSA) is 91.8 Å². The normalized spacial score (nSPS) is 12.9. The molecule has 0 spiro atoms. The standard InChI is InChI=1S/C15H25FN4O3S.HI/c1-5-17-15(18-8-9-19-24(4,21)22)20-11(2)12-6-7-14(23-3)13(16)10-12;/h6-7,10-11,19H,5,8-9H2,1-4H3,(H2,17,18,20);1H. The molecule has 7 nitrogen and oxygen atoms in total. The van der Waals surface area contributed by atoms with Crippen LogP contribution in [0, 0.1) is 5.82 Å². The van der Waals surface area contributed by atoms with Crippen LogP contribution in [-0.4, -0.2) is 47.4 Å². The number of halogens is 2. The number of nitrogens with zero attached hydrogens (tertiary/aromatic N) is 1. The SMILES string of the molecule is CCNC(=NCCNS(C)(=O)=O)NC(C)c1ccc(OC)c(F)c1.I. The van der Waals surface area contributed by atoms with E-state index in [0.29, 0.717) is 12.5 Å². The monoisotopic (exact) mass is 488 g/mol. The fraction of sp³-hybridized carbons (Fsp3) is 0.533. The molecule has 0 fully saturated rings. The van der Waals surface area contributed by atoms with Crippen molar-refractivity contribution < 1.29 is 17.5 Å². The first-order valence-corrected chi connectivity index (χ1v) is 9.49. The van der Waals surface area contributed by atoms with E-state index in [1.807, 2.05) is 13.8 Å². The molecule has 1 unspecified atom stereocenters. The van der Waals surface area contributed by atoms with Crippen molar-refractivity contribution in [2.45, 2.75) is 19.9 Å². The van der Waals surface area contributed by atoms with Crippen molar-refractivity contribution in [1.82, 2.24) is 15.4 Å². The van der Waals surface area contributed by atoms with Gasteiger partial charge in [0.2, 0.25) is 10.0 Å². The van der Waals surface area contributed by atoms with Gasteiger partial charge in [-0.25, -0.2) is 17.5 Å². The fourth-order valence-corrected chi connectivity index (χ4v) is 2.42. The summed E-state index contributed by atoms with van der Waals surface area (Å²) in [6.45, 7) is 4.94. The van der Waals surface area contributed by atoms with Crippen LogP contribution in [-0.2, 0) is 10.0 Å². The second-order valence-electron chi connectivity index (χ2n) is 5.19. The van der Waals surface area contributed by atoms with Crippen molar-refractivity contribution >= 4 is 40.0 Å². The number of nitrogens with one attached hydrogen (secondary N) is 3. The molecule has 1 aromatic rings. The maximum Gasteiger partial charge on any atom is 0.208 e. The molecule has 0 bridgehead atoms. The summed E-state index contributed by atoms with van der Waals surface area (Å²) < 4.78 is 43.1. The minimum Gasteiger partial charge on any atom is -0.494 e. The Morgan fingerprint density at radius 2 is 2.08 bits per heavy atom. The quantitative estimate of drug-likeness (QED) is 0.224.